The minimum Gasteiger partial charge on any atom is -0.484 e. The summed E-state index contributed by atoms with van der Waals surface area (Å²) in [5.74, 6) is -1.83. The van der Waals surface area contributed by atoms with Gasteiger partial charge in [-0.2, -0.15) is 0 Å². The molecule has 0 aliphatic carbocycles. The number of rotatable bonds is 12. The first-order chi connectivity index (χ1) is 19.9. The molecule has 2 atom stereocenters. The number of carbonyl (C=O) groups excluding carboxylic acids is 1. The SMILES string of the molecule is C.CC(=O)O.CC(C)[C@H](NCCCc1ccc2ncn(-c3cc(O[C@H](C)c4ccccc4Cl)c(C(N)=O)s3)c2c1)C(=O)O. The molecule has 0 radical (unpaired) electrons. The lowest BCUT2D eigenvalue weighted by molar-refractivity contribution is -0.140. The van der Waals surface area contributed by atoms with Crippen LogP contribution in [0.2, 0.25) is 5.02 Å². The Hall–Kier alpha value is -3.93. The zero-order chi connectivity index (χ0) is 31.0. The molecule has 4 rings (SSSR count). The standard InChI is InChI=1S/C28H31ClN4O4S.C2H4O2.CH4/c1-16(2)25(28(35)36)31-12-6-7-18-10-11-21-22(13-18)33(15-32-21)24-14-23(26(38-24)27(30)34)37-17(3)19-8-4-5-9-20(19)29;1-2(3)4;/h4-5,8-11,13-17,25,31H,6-7,12H2,1-3H3,(H2,30,34)(H,35,36);1H3,(H,3,4);1H4/t17-,25+;;/m1../s1. The topological polar surface area (TPSA) is 157 Å². The average molecular weight is 631 g/mol. The zero-order valence-corrected chi connectivity index (χ0v) is 25.4. The fourth-order valence-electron chi connectivity index (χ4n) is 4.34. The number of fused-ring (bicyclic) bond motifs is 1. The molecule has 10 nitrogen and oxygen atoms in total. The molecule has 2 aromatic carbocycles. The van der Waals surface area contributed by atoms with Crippen LogP contribution in [0.4, 0.5) is 0 Å². The highest BCUT2D eigenvalue weighted by Crippen LogP contribution is 2.37. The number of aromatic nitrogens is 2. The molecule has 0 fully saturated rings. The predicted molar refractivity (Wildman–Crippen MR) is 171 cm³/mol. The fraction of sp³-hybridized carbons (Fsp3) is 0.355. The van der Waals surface area contributed by atoms with E-state index in [2.05, 4.69) is 16.4 Å². The second-order valence-electron chi connectivity index (χ2n) is 10.00. The normalized spacial score (nSPS) is 12.1. The van der Waals surface area contributed by atoms with E-state index >= 15 is 0 Å². The quantitative estimate of drug-likeness (QED) is 0.132. The lowest BCUT2D eigenvalue weighted by Crippen LogP contribution is -2.41. The van der Waals surface area contributed by atoms with Gasteiger partial charge in [0, 0.05) is 23.6 Å². The van der Waals surface area contributed by atoms with Crippen LogP contribution in [0.5, 0.6) is 5.75 Å². The molecule has 2 aromatic heterocycles. The molecule has 4 aromatic rings. The zero-order valence-electron chi connectivity index (χ0n) is 23.8. The number of carboxylic acids is 2. The summed E-state index contributed by atoms with van der Waals surface area (Å²) in [6, 6.07) is 14.7. The smallest absolute Gasteiger partial charge is 0.320 e. The van der Waals surface area contributed by atoms with Gasteiger partial charge in [0.25, 0.3) is 11.9 Å². The third-order valence-corrected chi connectivity index (χ3v) is 7.82. The van der Waals surface area contributed by atoms with Crippen molar-refractivity contribution in [2.75, 3.05) is 6.54 Å². The van der Waals surface area contributed by atoms with Crippen molar-refractivity contribution >= 4 is 51.8 Å². The Morgan fingerprint density at radius 1 is 1.12 bits per heavy atom. The molecule has 0 saturated carbocycles. The van der Waals surface area contributed by atoms with Crippen LogP contribution in [-0.2, 0) is 16.0 Å². The third kappa shape index (κ3) is 9.54. The lowest BCUT2D eigenvalue weighted by Gasteiger charge is -2.17. The predicted octanol–water partition coefficient (Wildman–Crippen LogP) is 6.34. The summed E-state index contributed by atoms with van der Waals surface area (Å²) in [5.41, 5.74) is 9.31. The van der Waals surface area contributed by atoms with E-state index in [0.717, 1.165) is 46.9 Å². The van der Waals surface area contributed by atoms with Crippen LogP contribution in [0.15, 0.2) is 54.9 Å². The number of primary amides is 1. The summed E-state index contributed by atoms with van der Waals surface area (Å²) in [6.07, 6.45) is 2.90. The van der Waals surface area contributed by atoms with E-state index in [4.69, 9.17) is 32.0 Å². The van der Waals surface area contributed by atoms with Crippen LogP contribution < -0.4 is 15.8 Å². The summed E-state index contributed by atoms with van der Waals surface area (Å²) < 4.78 is 8.07. The molecule has 0 bridgehead atoms. The molecule has 12 heteroatoms. The molecule has 0 spiro atoms. The van der Waals surface area contributed by atoms with Gasteiger partial charge < -0.3 is 26.0 Å². The van der Waals surface area contributed by atoms with Crippen molar-refractivity contribution < 1.29 is 29.3 Å². The van der Waals surface area contributed by atoms with Gasteiger partial charge in [0.05, 0.1) is 11.0 Å². The van der Waals surface area contributed by atoms with E-state index in [-0.39, 0.29) is 19.4 Å². The highest BCUT2D eigenvalue weighted by Gasteiger charge is 2.22. The number of hydrogen-bond acceptors (Lipinski definition) is 7. The van der Waals surface area contributed by atoms with Crippen molar-refractivity contribution in [1.29, 1.82) is 0 Å². The molecule has 0 saturated heterocycles. The van der Waals surface area contributed by atoms with E-state index in [0.29, 0.717) is 22.2 Å². The van der Waals surface area contributed by atoms with E-state index in [1.54, 1.807) is 18.5 Å². The molecule has 43 heavy (non-hydrogen) atoms. The number of carbonyl (C=O) groups is 3. The molecule has 232 valence electrons. The number of aliphatic carboxylic acids is 2. The Bertz CT molecular complexity index is 1550. The second kappa shape index (κ2) is 16.1. The summed E-state index contributed by atoms with van der Waals surface area (Å²) in [7, 11) is 0. The van der Waals surface area contributed by atoms with Crippen LogP contribution in [0, 0.1) is 5.92 Å². The van der Waals surface area contributed by atoms with Gasteiger partial charge in [-0.15, -0.1) is 11.3 Å². The fourth-order valence-corrected chi connectivity index (χ4v) is 5.56. The summed E-state index contributed by atoms with van der Waals surface area (Å²) in [6.45, 7) is 7.34. The Kier molecular flexibility index (Phi) is 13.2. The minimum absolute atomic E-state index is 0. The van der Waals surface area contributed by atoms with Crippen LogP contribution in [-0.4, -0.2) is 50.2 Å². The van der Waals surface area contributed by atoms with Gasteiger partial charge in [0.1, 0.15) is 34.1 Å². The summed E-state index contributed by atoms with van der Waals surface area (Å²) in [4.78, 5) is 37.5. The van der Waals surface area contributed by atoms with Gasteiger partial charge in [-0.3, -0.25) is 19.0 Å². The van der Waals surface area contributed by atoms with Gasteiger partial charge >= 0.3 is 5.97 Å². The van der Waals surface area contributed by atoms with Gasteiger partial charge in [-0.05, 0) is 56.0 Å². The maximum absolute atomic E-state index is 12.2. The van der Waals surface area contributed by atoms with E-state index in [9.17, 15) is 14.7 Å². The number of ether oxygens (including phenoxy) is 1. The molecule has 0 aliphatic heterocycles. The number of carboxylic acid groups (broad SMARTS) is 2. The van der Waals surface area contributed by atoms with E-state index < -0.39 is 23.9 Å². The highest BCUT2D eigenvalue weighted by atomic mass is 35.5. The van der Waals surface area contributed by atoms with Crippen LogP contribution in [0.25, 0.3) is 16.0 Å². The van der Waals surface area contributed by atoms with Crippen molar-refractivity contribution in [3.8, 4) is 10.8 Å². The average Bonchev–Trinajstić information content (AvgIpc) is 3.52. The number of nitrogens with two attached hydrogens (primary N) is 1. The molecule has 0 aliphatic rings. The number of aryl methyl sites for hydroxylation is 1. The number of halogens is 1. The number of thiophene rings is 1. The van der Waals surface area contributed by atoms with E-state index in [1.165, 1.54) is 11.3 Å². The number of nitrogens with zero attached hydrogens (tertiary/aromatic N) is 2. The number of nitrogens with one attached hydrogen (secondary N) is 1. The van der Waals surface area contributed by atoms with Gasteiger partial charge in [-0.25, -0.2) is 4.98 Å². The first-order valence-electron chi connectivity index (χ1n) is 13.4. The summed E-state index contributed by atoms with van der Waals surface area (Å²) >= 11 is 7.57. The Balaban J connectivity index is 0.00000121. The van der Waals surface area contributed by atoms with Crippen molar-refractivity contribution in [3.05, 3.63) is 75.9 Å². The number of amides is 1. The largest absolute Gasteiger partial charge is 0.484 e. The van der Waals surface area contributed by atoms with Crippen molar-refractivity contribution in [2.45, 2.75) is 60.1 Å². The second-order valence-corrected chi connectivity index (χ2v) is 11.4. The molecule has 1 amide bonds. The molecular weight excluding hydrogens is 592 g/mol. The Morgan fingerprint density at radius 3 is 2.40 bits per heavy atom. The molecule has 2 heterocycles. The maximum Gasteiger partial charge on any atom is 0.320 e. The maximum atomic E-state index is 12.2. The van der Waals surface area contributed by atoms with Crippen molar-refractivity contribution in [1.82, 2.24) is 14.9 Å². The van der Waals surface area contributed by atoms with Gasteiger partial charge in [0.15, 0.2) is 0 Å². The summed E-state index contributed by atoms with van der Waals surface area (Å²) in [5, 5.41) is 21.2. The van der Waals surface area contributed by atoms with Crippen molar-refractivity contribution in [3.63, 3.8) is 0 Å². The third-order valence-electron chi connectivity index (χ3n) is 6.34. The number of imidazole rings is 1. The van der Waals surface area contributed by atoms with Crippen LogP contribution >= 0.6 is 22.9 Å². The van der Waals surface area contributed by atoms with Gasteiger partial charge in [0.2, 0.25) is 0 Å². The first kappa shape index (κ1) is 35.3. The highest BCUT2D eigenvalue weighted by molar-refractivity contribution is 7.16. The first-order valence-corrected chi connectivity index (χ1v) is 14.5. The number of hydrogen-bond donors (Lipinski definition) is 4. The lowest BCUT2D eigenvalue weighted by atomic mass is 10.0. The van der Waals surface area contributed by atoms with Crippen molar-refractivity contribution in [2.24, 2.45) is 11.7 Å². The Morgan fingerprint density at radius 2 is 1.79 bits per heavy atom. The van der Waals surface area contributed by atoms with Gasteiger partial charge in [-0.1, -0.05) is 57.1 Å². The van der Waals surface area contributed by atoms with Crippen LogP contribution in [0.3, 0.4) is 0 Å². The molecule has 5 N–H and O–H groups in total. The van der Waals surface area contributed by atoms with Crippen LogP contribution in [0.1, 0.15) is 68.4 Å². The molecular formula is C31H39ClN4O6S. The van der Waals surface area contributed by atoms with E-state index in [1.807, 2.05) is 55.7 Å². The number of benzene rings is 2. The minimum atomic E-state index is -0.833. The molecule has 0 unspecified atom stereocenters. The monoisotopic (exact) mass is 630 g/mol. The Labute approximate surface area is 260 Å².